The molecule has 9 heteroatoms. The van der Waals surface area contributed by atoms with Crippen LogP contribution in [0.4, 0.5) is 0 Å². The van der Waals surface area contributed by atoms with E-state index >= 15 is 0 Å². The molecule has 2 N–H and O–H groups in total. The number of hydrogen-bond acceptors (Lipinski definition) is 4. The van der Waals surface area contributed by atoms with E-state index in [2.05, 4.69) is 10.6 Å². The van der Waals surface area contributed by atoms with Crippen LogP contribution < -0.4 is 10.6 Å². The van der Waals surface area contributed by atoms with Crippen molar-refractivity contribution < 1.29 is 18.0 Å². The quantitative estimate of drug-likeness (QED) is 0.665. The Morgan fingerprint density at radius 2 is 2.12 bits per heavy atom. The molecule has 1 aromatic rings. The van der Waals surface area contributed by atoms with E-state index in [9.17, 15) is 18.0 Å². The molecule has 1 aliphatic heterocycles. The first-order valence-corrected chi connectivity index (χ1v) is 10.4. The molecule has 26 heavy (non-hydrogen) atoms. The summed E-state index contributed by atoms with van der Waals surface area (Å²) >= 11 is 5.86. The highest BCUT2D eigenvalue weighted by atomic mass is 35.5. The fourth-order valence-corrected chi connectivity index (χ4v) is 3.71. The van der Waals surface area contributed by atoms with E-state index in [0.29, 0.717) is 31.1 Å². The van der Waals surface area contributed by atoms with E-state index in [4.69, 9.17) is 11.6 Å². The van der Waals surface area contributed by atoms with Crippen LogP contribution in [0, 0.1) is 5.92 Å². The van der Waals surface area contributed by atoms with Gasteiger partial charge in [0.1, 0.15) is 0 Å². The number of sulfonamides is 1. The summed E-state index contributed by atoms with van der Waals surface area (Å²) in [4.78, 5) is 23.5. The Labute approximate surface area is 158 Å². The van der Waals surface area contributed by atoms with Crippen molar-refractivity contribution in [3.8, 4) is 0 Å². The molecule has 1 unspecified atom stereocenters. The van der Waals surface area contributed by atoms with Crippen LogP contribution in [0.5, 0.6) is 0 Å². The molecule has 1 aliphatic rings. The molecule has 0 radical (unpaired) electrons. The lowest BCUT2D eigenvalue weighted by molar-refractivity contribution is -0.124. The average Bonchev–Trinajstić information content (AvgIpc) is 3.06. The Balaban J connectivity index is 1.68. The Morgan fingerprint density at radius 1 is 1.35 bits per heavy atom. The maximum atomic E-state index is 11.8. The molecular weight excluding hydrogens is 378 g/mol. The molecule has 0 aromatic heterocycles. The summed E-state index contributed by atoms with van der Waals surface area (Å²) in [5.41, 5.74) is 0.786. The van der Waals surface area contributed by atoms with E-state index in [1.165, 1.54) is 16.6 Å². The number of amides is 2. The number of hydrogen-bond donors (Lipinski definition) is 2. The van der Waals surface area contributed by atoms with Crippen molar-refractivity contribution in [3.63, 3.8) is 0 Å². The van der Waals surface area contributed by atoms with Gasteiger partial charge in [-0.15, -0.1) is 0 Å². The number of nitrogens with one attached hydrogen (secondary N) is 2. The zero-order valence-electron chi connectivity index (χ0n) is 14.4. The second kappa shape index (κ2) is 9.16. The Hall–Kier alpha value is -1.90. The lowest BCUT2D eigenvalue weighted by atomic mass is 10.1. The summed E-state index contributed by atoms with van der Waals surface area (Å²) in [5.74, 6) is -0.608. The Morgan fingerprint density at radius 3 is 2.77 bits per heavy atom. The number of nitrogens with zero attached hydrogens (tertiary/aromatic N) is 1. The van der Waals surface area contributed by atoms with Crippen molar-refractivity contribution in [2.24, 2.45) is 5.92 Å². The minimum atomic E-state index is -3.18. The smallest absolute Gasteiger partial charge is 0.244 e. The largest absolute Gasteiger partial charge is 0.354 e. The van der Waals surface area contributed by atoms with Crippen LogP contribution in [0.25, 0.3) is 6.08 Å². The van der Waals surface area contributed by atoms with Crippen LogP contribution in [0.3, 0.4) is 0 Å². The highest BCUT2D eigenvalue weighted by molar-refractivity contribution is 7.88. The highest BCUT2D eigenvalue weighted by Gasteiger charge is 2.28. The predicted octanol–water partition coefficient (Wildman–Crippen LogP) is 0.867. The molecule has 2 amide bonds. The van der Waals surface area contributed by atoms with E-state index in [1.54, 1.807) is 24.3 Å². The van der Waals surface area contributed by atoms with E-state index in [-0.39, 0.29) is 24.3 Å². The van der Waals surface area contributed by atoms with Gasteiger partial charge in [0.25, 0.3) is 0 Å². The molecule has 1 saturated heterocycles. The van der Waals surface area contributed by atoms with Gasteiger partial charge in [-0.25, -0.2) is 12.7 Å². The fourth-order valence-electron chi connectivity index (χ4n) is 2.59. The molecule has 2 rings (SSSR count). The zero-order chi connectivity index (χ0) is 19.2. The van der Waals surface area contributed by atoms with Gasteiger partial charge in [0, 0.05) is 30.7 Å². The summed E-state index contributed by atoms with van der Waals surface area (Å²) in [6, 6.07) is 7.05. The van der Waals surface area contributed by atoms with Crippen LogP contribution >= 0.6 is 11.6 Å². The summed E-state index contributed by atoms with van der Waals surface area (Å²) < 4.78 is 24.3. The van der Waals surface area contributed by atoms with Gasteiger partial charge in [-0.2, -0.15) is 0 Å². The average molecular weight is 400 g/mol. The number of benzene rings is 1. The highest BCUT2D eigenvalue weighted by Crippen LogP contribution is 2.17. The SMILES string of the molecule is CS(=O)(=O)N1CCC(CNC(=O)CNC(=O)/C=C/c2cccc(Cl)c2)C1. The molecule has 1 aromatic carbocycles. The number of carbonyl (C=O) groups excluding carboxylic acids is 2. The zero-order valence-corrected chi connectivity index (χ0v) is 16.0. The molecule has 0 bridgehead atoms. The van der Waals surface area contributed by atoms with Gasteiger partial charge >= 0.3 is 0 Å². The van der Waals surface area contributed by atoms with Gasteiger partial charge in [-0.3, -0.25) is 9.59 Å². The predicted molar refractivity (Wildman–Crippen MR) is 101 cm³/mol. The molecule has 0 spiro atoms. The van der Waals surface area contributed by atoms with Crippen molar-refractivity contribution in [1.82, 2.24) is 14.9 Å². The van der Waals surface area contributed by atoms with Crippen molar-refractivity contribution in [2.75, 3.05) is 32.4 Å². The molecule has 142 valence electrons. The summed E-state index contributed by atoms with van der Waals surface area (Å²) in [5, 5.41) is 5.79. The van der Waals surface area contributed by atoms with Gasteiger partial charge < -0.3 is 10.6 Å². The van der Waals surface area contributed by atoms with E-state index in [0.717, 1.165) is 5.56 Å². The van der Waals surface area contributed by atoms with Crippen molar-refractivity contribution in [3.05, 3.63) is 40.9 Å². The summed E-state index contributed by atoms with van der Waals surface area (Å²) in [6.45, 7) is 1.14. The van der Waals surface area contributed by atoms with Gasteiger partial charge in [0.2, 0.25) is 21.8 Å². The minimum absolute atomic E-state index is 0.0899. The van der Waals surface area contributed by atoms with E-state index in [1.807, 2.05) is 6.07 Å². The fraction of sp³-hybridized carbons (Fsp3) is 0.412. The van der Waals surface area contributed by atoms with Crippen LogP contribution in [-0.4, -0.2) is 57.0 Å². The maximum Gasteiger partial charge on any atom is 0.244 e. The Kier molecular flexibility index (Phi) is 7.19. The lowest BCUT2D eigenvalue weighted by Crippen LogP contribution is -2.39. The van der Waals surface area contributed by atoms with E-state index < -0.39 is 10.0 Å². The van der Waals surface area contributed by atoms with Crippen molar-refractivity contribution >= 4 is 39.5 Å². The van der Waals surface area contributed by atoms with Crippen LogP contribution in [0.15, 0.2) is 30.3 Å². The number of rotatable bonds is 7. The standard InChI is InChI=1S/C17H22ClN3O4S/c1-26(24,25)21-8-7-14(12-21)10-19-17(23)11-20-16(22)6-5-13-3-2-4-15(18)9-13/h2-6,9,14H,7-8,10-12H2,1H3,(H,19,23)(H,20,22)/b6-5+. The Bertz CT molecular complexity index is 795. The third-order valence-corrected chi connectivity index (χ3v) is 5.51. The van der Waals surface area contributed by atoms with Gasteiger partial charge in [-0.1, -0.05) is 23.7 Å². The molecule has 1 fully saturated rings. The van der Waals surface area contributed by atoms with Crippen LogP contribution in [-0.2, 0) is 19.6 Å². The summed E-state index contributed by atoms with van der Waals surface area (Å²) in [7, 11) is -3.18. The molecule has 7 nitrogen and oxygen atoms in total. The number of carbonyl (C=O) groups is 2. The van der Waals surface area contributed by atoms with Gasteiger partial charge in [0.05, 0.1) is 12.8 Å². The first-order chi connectivity index (χ1) is 12.2. The van der Waals surface area contributed by atoms with Crippen LogP contribution in [0.1, 0.15) is 12.0 Å². The first-order valence-electron chi connectivity index (χ1n) is 8.17. The third-order valence-electron chi connectivity index (χ3n) is 4.00. The van der Waals surface area contributed by atoms with Crippen molar-refractivity contribution in [1.29, 1.82) is 0 Å². The third kappa shape index (κ3) is 6.78. The molecule has 1 atom stereocenters. The molecule has 1 heterocycles. The molecule has 0 aliphatic carbocycles. The topological polar surface area (TPSA) is 95.6 Å². The minimum Gasteiger partial charge on any atom is -0.354 e. The lowest BCUT2D eigenvalue weighted by Gasteiger charge is -2.14. The molecular formula is C17H22ClN3O4S. The second-order valence-electron chi connectivity index (χ2n) is 6.19. The van der Waals surface area contributed by atoms with Crippen molar-refractivity contribution in [2.45, 2.75) is 6.42 Å². The van der Waals surface area contributed by atoms with Gasteiger partial charge in [0.15, 0.2) is 0 Å². The second-order valence-corrected chi connectivity index (χ2v) is 8.60. The first kappa shape index (κ1) is 20.4. The monoisotopic (exact) mass is 399 g/mol. The maximum absolute atomic E-state index is 11.8. The number of halogens is 1. The molecule has 0 saturated carbocycles. The van der Waals surface area contributed by atoms with Crippen LogP contribution in [0.2, 0.25) is 5.02 Å². The summed E-state index contributed by atoms with van der Waals surface area (Å²) in [6.07, 6.45) is 4.83. The normalized spacial score (nSPS) is 18.2. The van der Waals surface area contributed by atoms with Gasteiger partial charge in [-0.05, 0) is 36.1 Å².